The van der Waals surface area contributed by atoms with Crippen LogP contribution in [0.4, 0.5) is 17.1 Å². The number of carboxylic acids is 1. The SMILES string of the molecule is CCC[N+](c1ccccc1CC)=c1ccc2c(-c3ccccc3S(=O)(=O)[O-])c3ccc(N(CCC(=O)O)c4ccccc4CC)cc3oc-2c1. The van der Waals surface area contributed by atoms with E-state index < -0.39 is 16.1 Å². The van der Waals surface area contributed by atoms with E-state index in [1.807, 2.05) is 77.7 Å². The molecule has 1 N–H and O–H groups in total. The van der Waals surface area contributed by atoms with Gasteiger partial charge in [-0.2, -0.15) is 4.58 Å². The molecular weight excluding hydrogens is 649 g/mol. The zero-order valence-corrected chi connectivity index (χ0v) is 29.2. The van der Waals surface area contributed by atoms with Gasteiger partial charge in [-0.15, -0.1) is 0 Å². The summed E-state index contributed by atoms with van der Waals surface area (Å²) < 4.78 is 46.7. The van der Waals surface area contributed by atoms with E-state index in [-0.39, 0.29) is 23.4 Å². The molecule has 0 spiro atoms. The Labute approximate surface area is 292 Å². The number of aryl methyl sites for hydroxylation is 2. The fraction of sp³-hybridized carbons (Fsp3) is 0.220. The summed E-state index contributed by atoms with van der Waals surface area (Å²) in [5.74, 6) is -0.395. The van der Waals surface area contributed by atoms with Crippen LogP contribution in [0.1, 0.15) is 44.7 Å². The monoisotopic (exact) mass is 688 g/mol. The molecule has 1 aliphatic heterocycles. The summed E-state index contributed by atoms with van der Waals surface area (Å²) in [5, 5.41) is 11.2. The first-order valence-corrected chi connectivity index (χ1v) is 18.4. The molecule has 0 saturated heterocycles. The number of hydrogen-bond acceptors (Lipinski definition) is 6. The lowest BCUT2D eigenvalue weighted by molar-refractivity contribution is -0.136. The Morgan fingerprint density at radius 2 is 1.52 bits per heavy atom. The van der Waals surface area contributed by atoms with Gasteiger partial charge in [0.05, 0.1) is 17.4 Å². The van der Waals surface area contributed by atoms with E-state index in [1.165, 1.54) is 11.6 Å². The molecule has 0 fully saturated rings. The van der Waals surface area contributed by atoms with Crippen LogP contribution >= 0.6 is 0 Å². The topological polar surface area (TPSA) is 114 Å². The third kappa shape index (κ3) is 6.92. The maximum atomic E-state index is 12.6. The van der Waals surface area contributed by atoms with Crippen LogP contribution in [0.5, 0.6) is 0 Å². The Morgan fingerprint density at radius 3 is 2.24 bits per heavy atom. The zero-order chi connectivity index (χ0) is 35.4. The third-order valence-corrected chi connectivity index (χ3v) is 9.96. The van der Waals surface area contributed by atoms with E-state index in [1.54, 1.807) is 18.2 Å². The number of rotatable bonds is 12. The van der Waals surface area contributed by atoms with Crippen molar-refractivity contribution in [3.63, 3.8) is 0 Å². The minimum Gasteiger partial charge on any atom is -0.744 e. The minimum absolute atomic E-state index is 0.0825. The Balaban J connectivity index is 1.69. The van der Waals surface area contributed by atoms with E-state index in [0.717, 1.165) is 53.8 Å². The van der Waals surface area contributed by atoms with Crippen LogP contribution in [0.3, 0.4) is 0 Å². The lowest BCUT2D eigenvalue weighted by atomic mass is 9.93. The van der Waals surface area contributed by atoms with Crippen LogP contribution in [0.25, 0.3) is 33.4 Å². The van der Waals surface area contributed by atoms with Crippen molar-refractivity contribution >= 4 is 44.1 Å². The molecule has 1 heterocycles. The Morgan fingerprint density at radius 1 is 0.820 bits per heavy atom. The lowest BCUT2D eigenvalue weighted by Gasteiger charge is -2.27. The summed E-state index contributed by atoms with van der Waals surface area (Å²) in [7, 11) is -4.83. The molecule has 0 amide bonds. The second-order valence-electron chi connectivity index (χ2n) is 12.2. The highest BCUT2D eigenvalue weighted by atomic mass is 32.2. The zero-order valence-electron chi connectivity index (χ0n) is 28.4. The van der Waals surface area contributed by atoms with E-state index >= 15 is 0 Å². The van der Waals surface area contributed by atoms with Crippen LogP contribution in [-0.4, -0.2) is 37.1 Å². The number of hydrogen-bond donors (Lipinski definition) is 1. The van der Waals surface area contributed by atoms with Crippen LogP contribution < -0.4 is 14.8 Å². The Hall–Kier alpha value is -5.25. The van der Waals surface area contributed by atoms with Gasteiger partial charge in [0.25, 0.3) is 0 Å². The van der Waals surface area contributed by atoms with Gasteiger partial charge in [0.2, 0.25) is 11.0 Å². The molecular formula is C41H40N2O6S. The van der Waals surface area contributed by atoms with Crippen molar-refractivity contribution in [2.75, 3.05) is 18.0 Å². The van der Waals surface area contributed by atoms with Crippen molar-refractivity contribution in [3.8, 4) is 22.5 Å². The summed E-state index contributed by atoms with van der Waals surface area (Å²) in [5.41, 5.74) is 6.97. The first-order valence-electron chi connectivity index (χ1n) is 17.0. The van der Waals surface area contributed by atoms with Crippen molar-refractivity contribution in [1.82, 2.24) is 4.58 Å². The second-order valence-corrected chi connectivity index (χ2v) is 13.5. The molecule has 0 unspecified atom stereocenters. The molecule has 1 aliphatic carbocycles. The maximum Gasteiger partial charge on any atom is 0.305 e. The summed E-state index contributed by atoms with van der Waals surface area (Å²) in [6.07, 6.45) is 2.44. The maximum absolute atomic E-state index is 12.6. The predicted octanol–water partition coefficient (Wildman–Crippen LogP) is 8.36. The standard InChI is InChI=1S/C41H40N2O6S/c1-4-24-42(35-16-10-7-13-28(35)5-2)30-19-21-32-37(26-30)49-38-27-31(43(25-23-40(44)45)36-17-11-8-14-29(36)6-3)20-22-33(38)41(32)34-15-9-12-18-39(34)50(46,47)48/h7-22,26-27H,4-6,23-25H2,1-3H3,(H-,44,45,46,47,48). The predicted molar refractivity (Wildman–Crippen MR) is 197 cm³/mol. The van der Waals surface area contributed by atoms with Crippen molar-refractivity contribution in [1.29, 1.82) is 0 Å². The van der Waals surface area contributed by atoms with Crippen molar-refractivity contribution < 1.29 is 27.3 Å². The molecule has 256 valence electrons. The molecule has 2 aliphatic rings. The highest BCUT2D eigenvalue weighted by molar-refractivity contribution is 7.85. The number of nitrogens with zero attached hydrogens (tertiary/aromatic N) is 2. The summed E-state index contributed by atoms with van der Waals surface area (Å²) in [4.78, 5) is 13.4. The average molecular weight is 689 g/mol. The first kappa shape index (κ1) is 34.6. The molecule has 50 heavy (non-hydrogen) atoms. The van der Waals surface area contributed by atoms with E-state index in [2.05, 4.69) is 37.5 Å². The number of carboxylic acid groups (broad SMARTS) is 1. The molecule has 4 aromatic carbocycles. The van der Waals surface area contributed by atoms with Gasteiger partial charge in [-0.1, -0.05) is 75.4 Å². The summed E-state index contributed by atoms with van der Waals surface area (Å²) in [6.45, 7) is 7.31. The molecule has 8 nitrogen and oxygen atoms in total. The van der Waals surface area contributed by atoms with Crippen LogP contribution in [-0.2, 0) is 27.8 Å². The van der Waals surface area contributed by atoms with Crippen LogP contribution in [0.2, 0.25) is 0 Å². The van der Waals surface area contributed by atoms with Gasteiger partial charge in [0.15, 0.2) is 0 Å². The lowest BCUT2D eigenvalue weighted by Crippen LogP contribution is -2.27. The fourth-order valence-corrected chi connectivity index (χ4v) is 7.42. The quantitative estimate of drug-likeness (QED) is 0.0781. The molecule has 6 rings (SSSR count). The first-order chi connectivity index (χ1) is 24.1. The number of anilines is 2. The summed E-state index contributed by atoms with van der Waals surface area (Å²) in [6, 6.07) is 34.0. The highest BCUT2D eigenvalue weighted by Crippen LogP contribution is 2.43. The molecule has 0 atom stereocenters. The molecule has 9 heteroatoms. The molecule has 0 aromatic heterocycles. The van der Waals surface area contributed by atoms with Crippen molar-refractivity contribution in [3.05, 3.63) is 126 Å². The van der Waals surface area contributed by atoms with Gasteiger partial charge in [0, 0.05) is 70.2 Å². The van der Waals surface area contributed by atoms with Gasteiger partial charge in [-0.3, -0.25) is 4.79 Å². The van der Waals surface area contributed by atoms with Gasteiger partial charge >= 0.3 is 5.97 Å². The van der Waals surface area contributed by atoms with Crippen molar-refractivity contribution in [2.24, 2.45) is 0 Å². The van der Waals surface area contributed by atoms with Gasteiger partial charge in [-0.25, -0.2) is 8.42 Å². The molecule has 0 saturated carbocycles. The van der Waals surface area contributed by atoms with Gasteiger partial charge in [-0.05, 0) is 48.7 Å². The summed E-state index contributed by atoms with van der Waals surface area (Å²) >= 11 is 0. The Bertz CT molecular complexity index is 2340. The average Bonchev–Trinajstić information content (AvgIpc) is 3.12. The molecule has 0 bridgehead atoms. The van der Waals surface area contributed by atoms with Gasteiger partial charge < -0.3 is 19.0 Å². The molecule has 4 aromatic rings. The number of aliphatic carboxylic acids is 1. The second kappa shape index (κ2) is 14.7. The number of para-hydroxylation sites is 2. The molecule has 0 radical (unpaired) electrons. The van der Waals surface area contributed by atoms with Crippen molar-refractivity contribution in [2.45, 2.75) is 51.3 Å². The third-order valence-electron chi connectivity index (χ3n) is 9.06. The highest BCUT2D eigenvalue weighted by Gasteiger charge is 2.24. The van der Waals surface area contributed by atoms with E-state index in [0.29, 0.717) is 27.9 Å². The number of carbonyl (C=O) groups is 1. The largest absolute Gasteiger partial charge is 0.744 e. The van der Waals surface area contributed by atoms with Crippen LogP contribution in [0, 0.1) is 0 Å². The van der Waals surface area contributed by atoms with E-state index in [9.17, 15) is 22.9 Å². The van der Waals surface area contributed by atoms with Crippen LogP contribution in [0.15, 0.2) is 119 Å². The number of benzene rings is 5. The number of fused-ring (bicyclic) bond motifs is 2. The van der Waals surface area contributed by atoms with Gasteiger partial charge in [0.1, 0.15) is 28.0 Å². The van der Waals surface area contributed by atoms with E-state index in [4.69, 9.17) is 4.42 Å². The smallest absolute Gasteiger partial charge is 0.305 e. The fourth-order valence-electron chi connectivity index (χ4n) is 6.74. The minimum atomic E-state index is -4.83. The normalized spacial score (nSPS) is 12.3. The Kier molecular flexibility index (Phi) is 10.2.